The van der Waals surface area contributed by atoms with E-state index in [2.05, 4.69) is 15.3 Å². The maximum absolute atomic E-state index is 12.5. The molecule has 2 aromatic heterocycles. The molecule has 0 saturated carbocycles. The van der Waals surface area contributed by atoms with Crippen LogP contribution in [0.1, 0.15) is 22.6 Å². The fraction of sp³-hybridized carbons (Fsp3) is 0.174. The van der Waals surface area contributed by atoms with Crippen molar-refractivity contribution in [1.29, 1.82) is 0 Å². The number of pyridine rings is 1. The summed E-state index contributed by atoms with van der Waals surface area (Å²) >= 11 is 0. The number of aromatic nitrogens is 2. The molecule has 0 aliphatic heterocycles. The zero-order valence-corrected chi connectivity index (χ0v) is 16.5. The van der Waals surface area contributed by atoms with Crippen LogP contribution in [0.15, 0.2) is 57.7 Å². The molecule has 146 valence electrons. The fourth-order valence-corrected chi connectivity index (χ4v) is 3.27. The van der Waals surface area contributed by atoms with Gasteiger partial charge in [-0.3, -0.25) is 9.59 Å². The number of carbonyl (C=O) groups is 1. The Bertz CT molecular complexity index is 1280. The van der Waals surface area contributed by atoms with Gasteiger partial charge in [-0.1, -0.05) is 24.3 Å². The lowest BCUT2D eigenvalue weighted by molar-refractivity contribution is -0.115. The van der Waals surface area contributed by atoms with Crippen LogP contribution in [0, 0.1) is 20.8 Å². The maximum Gasteiger partial charge on any atom is 0.251 e. The smallest absolute Gasteiger partial charge is 0.251 e. The number of rotatable bonds is 4. The van der Waals surface area contributed by atoms with Gasteiger partial charge in [0, 0.05) is 16.8 Å². The average molecular weight is 387 g/mol. The second-order valence-corrected chi connectivity index (χ2v) is 7.15. The van der Waals surface area contributed by atoms with Gasteiger partial charge in [0.2, 0.25) is 11.8 Å². The summed E-state index contributed by atoms with van der Waals surface area (Å²) < 4.78 is 5.78. The molecule has 6 heteroatoms. The molecule has 1 amide bonds. The number of hydrogen-bond donors (Lipinski definition) is 2. The zero-order valence-electron chi connectivity index (χ0n) is 16.5. The lowest BCUT2D eigenvalue weighted by Gasteiger charge is -2.06. The van der Waals surface area contributed by atoms with Crippen LogP contribution in [-0.2, 0) is 11.2 Å². The van der Waals surface area contributed by atoms with Gasteiger partial charge in [-0.15, -0.1) is 0 Å². The van der Waals surface area contributed by atoms with Crippen molar-refractivity contribution in [3.8, 4) is 11.5 Å². The third kappa shape index (κ3) is 3.82. The standard InChI is InChI=1S/C23H21N3O3/c1-13-6-4-5-7-18(13)23-26-19(15(3)29-23)12-21(27)24-17-9-8-16-10-14(2)22(28)25-20(16)11-17/h4-11H,12H2,1-3H3,(H,24,27)(H,25,28). The first-order chi connectivity index (χ1) is 13.9. The van der Waals surface area contributed by atoms with Crippen LogP contribution >= 0.6 is 0 Å². The molecule has 0 bridgehead atoms. The van der Waals surface area contributed by atoms with Gasteiger partial charge in [0.15, 0.2) is 0 Å². The Morgan fingerprint density at radius 1 is 1.07 bits per heavy atom. The summed E-state index contributed by atoms with van der Waals surface area (Å²) in [6, 6.07) is 15.1. The number of benzene rings is 2. The van der Waals surface area contributed by atoms with Crippen LogP contribution in [0.25, 0.3) is 22.4 Å². The summed E-state index contributed by atoms with van der Waals surface area (Å²) in [4.78, 5) is 31.7. The Hall–Kier alpha value is -3.67. The molecule has 2 aromatic carbocycles. The topological polar surface area (TPSA) is 88.0 Å². The largest absolute Gasteiger partial charge is 0.441 e. The van der Waals surface area contributed by atoms with E-state index in [4.69, 9.17) is 4.42 Å². The van der Waals surface area contributed by atoms with E-state index in [-0.39, 0.29) is 17.9 Å². The number of amides is 1. The first kappa shape index (κ1) is 18.7. The van der Waals surface area contributed by atoms with E-state index in [9.17, 15) is 9.59 Å². The number of aryl methyl sites for hydroxylation is 3. The molecule has 0 aliphatic rings. The summed E-state index contributed by atoms with van der Waals surface area (Å²) in [5, 5.41) is 3.77. The Morgan fingerprint density at radius 3 is 2.66 bits per heavy atom. The molecule has 2 N–H and O–H groups in total. The van der Waals surface area contributed by atoms with Crippen molar-refractivity contribution in [1.82, 2.24) is 9.97 Å². The number of hydrogen-bond acceptors (Lipinski definition) is 4. The molecule has 0 radical (unpaired) electrons. The minimum Gasteiger partial charge on any atom is -0.441 e. The molecule has 0 spiro atoms. The number of nitrogens with zero attached hydrogens (tertiary/aromatic N) is 1. The monoisotopic (exact) mass is 387 g/mol. The van der Waals surface area contributed by atoms with Gasteiger partial charge in [-0.05, 0) is 56.0 Å². The Labute approximate surface area is 167 Å². The molecule has 6 nitrogen and oxygen atoms in total. The van der Waals surface area contributed by atoms with Crippen molar-refractivity contribution in [2.75, 3.05) is 5.32 Å². The summed E-state index contributed by atoms with van der Waals surface area (Å²) in [7, 11) is 0. The Morgan fingerprint density at radius 2 is 1.86 bits per heavy atom. The van der Waals surface area contributed by atoms with E-state index in [0.29, 0.717) is 34.1 Å². The van der Waals surface area contributed by atoms with Crippen LogP contribution in [0.2, 0.25) is 0 Å². The number of oxazole rings is 1. The quantitative estimate of drug-likeness (QED) is 0.547. The number of H-pyrrole nitrogens is 1. The number of anilines is 1. The maximum atomic E-state index is 12.5. The number of carbonyl (C=O) groups excluding carboxylic acids is 1. The van der Waals surface area contributed by atoms with E-state index in [0.717, 1.165) is 16.5 Å². The fourth-order valence-electron chi connectivity index (χ4n) is 3.27. The number of nitrogens with one attached hydrogen (secondary N) is 2. The second-order valence-electron chi connectivity index (χ2n) is 7.15. The highest BCUT2D eigenvalue weighted by atomic mass is 16.4. The van der Waals surface area contributed by atoms with E-state index in [1.54, 1.807) is 19.9 Å². The average Bonchev–Trinajstić information content (AvgIpc) is 3.03. The van der Waals surface area contributed by atoms with Crippen molar-refractivity contribution in [2.45, 2.75) is 27.2 Å². The van der Waals surface area contributed by atoms with E-state index in [1.807, 2.05) is 49.4 Å². The highest BCUT2D eigenvalue weighted by Crippen LogP contribution is 2.25. The molecule has 0 aliphatic carbocycles. The lowest BCUT2D eigenvalue weighted by atomic mass is 10.1. The van der Waals surface area contributed by atoms with E-state index in [1.165, 1.54) is 0 Å². The second kappa shape index (κ2) is 7.39. The van der Waals surface area contributed by atoms with Crippen LogP contribution < -0.4 is 10.9 Å². The van der Waals surface area contributed by atoms with Gasteiger partial charge in [0.05, 0.1) is 17.6 Å². The van der Waals surface area contributed by atoms with Crippen molar-refractivity contribution < 1.29 is 9.21 Å². The minimum absolute atomic E-state index is 0.101. The third-order valence-electron chi connectivity index (χ3n) is 4.91. The molecule has 0 fully saturated rings. The normalized spacial score (nSPS) is 11.0. The molecule has 0 unspecified atom stereocenters. The summed E-state index contributed by atoms with van der Waals surface area (Å²) in [5.41, 5.74) is 4.38. The predicted octanol–water partition coefficient (Wildman–Crippen LogP) is 4.29. The van der Waals surface area contributed by atoms with Crippen molar-refractivity contribution in [2.24, 2.45) is 0 Å². The highest BCUT2D eigenvalue weighted by Gasteiger charge is 2.16. The van der Waals surface area contributed by atoms with Gasteiger partial charge in [0.25, 0.3) is 5.56 Å². The molecule has 2 heterocycles. The van der Waals surface area contributed by atoms with Crippen LogP contribution in [0.5, 0.6) is 0 Å². The first-order valence-electron chi connectivity index (χ1n) is 9.36. The van der Waals surface area contributed by atoms with E-state index < -0.39 is 0 Å². The van der Waals surface area contributed by atoms with Gasteiger partial charge in [0.1, 0.15) is 5.76 Å². The van der Waals surface area contributed by atoms with Gasteiger partial charge in [-0.2, -0.15) is 0 Å². The van der Waals surface area contributed by atoms with Gasteiger partial charge >= 0.3 is 0 Å². The molecule has 4 rings (SSSR count). The molecule has 4 aromatic rings. The predicted molar refractivity (Wildman–Crippen MR) is 113 cm³/mol. The molecular weight excluding hydrogens is 366 g/mol. The Kier molecular flexibility index (Phi) is 4.76. The van der Waals surface area contributed by atoms with Crippen molar-refractivity contribution in [3.63, 3.8) is 0 Å². The molecule has 0 saturated heterocycles. The van der Waals surface area contributed by atoms with Gasteiger partial charge in [-0.25, -0.2) is 4.98 Å². The van der Waals surface area contributed by atoms with Crippen LogP contribution in [-0.4, -0.2) is 15.9 Å². The molecule has 0 atom stereocenters. The molecule has 29 heavy (non-hydrogen) atoms. The summed E-state index contributed by atoms with van der Waals surface area (Å²) in [5.74, 6) is 0.935. The van der Waals surface area contributed by atoms with E-state index >= 15 is 0 Å². The SMILES string of the molecule is Cc1ccccc1-c1nc(CC(=O)Nc2ccc3cc(C)c(=O)[nH]c3c2)c(C)o1. The first-order valence-corrected chi connectivity index (χ1v) is 9.36. The zero-order chi connectivity index (χ0) is 20.5. The lowest BCUT2D eigenvalue weighted by Crippen LogP contribution is -2.15. The van der Waals surface area contributed by atoms with Crippen LogP contribution in [0.3, 0.4) is 0 Å². The highest BCUT2D eigenvalue weighted by molar-refractivity contribution is 5.94. The number of fused-ring (bicyclic) bond motifs is 1. The number of aromatic amines is 1. The minimum atomic E-state index is -0.202. The molecular formula is C23H21N3O3. The third-order valence-corrected chi connectivity index (χ3v) is 4.91. The van der Waals surface area contributed by atoms with Crippen LogP contribution in [0.4, 0.5) is 5.69 Å². The Balaban J connectivity index is 1.53. The van der Waals surface area contributed by atoms with Crippen molar-refractivity contribution in [3.05, 3.63) is 81.5 Å². The summed E-state index contributed by atoms with van der Waals surface area (Å²) in [6.07, 6.45) is 0.101. The van der Waals surface area contributed by atoms with Crippen molar-refractivity contribution >= 4 is 22.5 Å². The van der Waals surface area contributed by atoms with Gasteiger partial charge < -0.3 is 14.7 Å². The summed E-state index contributed by atoms with van der Waals surface area (Å²) in [6.45, 7) is 5.56.